The van der Waals surface area contributed by atoms with Crippen LogP contribution < -0.4 is 0 Å². The third-order valence-corrected chi connectivity index (χ3v) is 17.5. The Labute approximate surface area is 407 Å². The highest BCUT2D eigenvalue weighted by Crippen LogP contribution is 2.51. The molecular weight excluding hydrogens is 875 g/mol. The average Bonchev–Trinajstić information content (AvgIpc) is 4.08. The van der Waals surface area contributed by atoms with Gasteiger partial charge in [-0.2, -0.15) is 0 Å². The Bertz CT molecular complexity index is 4380. The Hall–Kier alpha value is -7.83. The van der Waals surface area contributed by atoms with Gasteiger partial charge in [-0.25, -0.2) is 4.99 Å². The van der Waals surface area contributed by atoms with Gasteiger partial charge in [-0.1, -0.05) is 159 Å². The van der Waals surface area contributed by atoms with E-state index < -0.39 is 0 Å². The quantitative estimate of drug-likeness (QED) is 0.161. The van der Waals surface area contributed by atoms with Crippen molar-refractivity contribution in [1.29, 1.82) is 0 Å². The molecule has 5 heteroatoms. The molecule has 15 rings (SSSR count). The molecule has 0 N–H and O–H groups in total. The summed E-state index contributed by atoms with van der Waals surface area (Å²) < 4.78 is 6.51. The number of allylic oxidation sites excluding steroid dienone is 1. The highest BCUT2D eigenvalue weighted by molar-refractivity contribution is 7.25. The molecule has 69 heavy (non-hydrogen) atoms. The normalized spacial score (nSPS) is 15.9. The molecule has 3 aromatic heterocycles. The van der Waals surface area contributed by atoms with Crippen LogP contribution in [0.5, 0.6) is 0 Å². The zero-order valence-corrected chi connectivity index (χ0v) is 39.7. The lowest BCUT2D eigenvalue weighted by molar-refractivity contribution is 0.425. The highest BCUT2D eigenvalue weighted by Gasteiger charge is 2.33. The van der Waals surface area contributed by atoms with Crippen LogP contribution in [0.15, 0.2) is 199 Å². The van der Waals surface area contributed by atoms with E-state index in [1.807, 2.05) is 22.7 Å². The molecule has 4 heterocycles. The van der Waals surface area contributed by atoms with Crippen molar-refractivity contribution in [3.8, 4) is 16.8 Å². The Morgan fingerprint density at radius 1 is 0.522 bits per heavy atom. The maximum Gasteiger partial charge on any atom is 0.137 e. The number of para-hydroxylation sites is 1. The lowest BCUT2D eigenvalue weighted by Gasteiger charge is -2.37. The molecule has 0 bridgehead atoms. The summed E-state index contributed by atoms with van der Waals surface area (Å²) in [6.07, 6.45) is 5.83. The molecule has 326 valence electrons. The first-order chi connectivity index (χ1) is 34.1. The number of aliphatic imine (C=N–C) groups is 1. The smallest absolute Gasteiger partial charge is 0.137 e. The molecule has 0 fully saturated rings. The fourth-order valence-corrected chi connectivity index (χ4v) is 14.4. The van der Waals surface area contributed by atoms with Gasteiger partial charge in [0.05, 0.1) is 27.5 Å². The largest absolute Gasteiger partial charge is 0.348 e. The van der Waals surface area contributed by atoms with Crippen molar-refractivity contribution in [2.24, 2.45) is 10.9 Å². The van der Waals surface area contributed by atoms with E-state index in [0.717, 1.165) is 23.5 Å². The third-order valence-electron chi connectivity index (χ3n) is 15.2. The summed E-state index contributed by atoms with van der Waals surface area (Å²) in [6.45, 7) is 2.34. The van der Waals surface area contributed by atoms with Crippen molar-refractivity contribution in [1.82, 2.24) is 9.47 Å². The molecule has 2 aliphatic rings. The number of hydrogen-bond acceptors (Lipinski definition) is 4. The van der Waals surface area contributed by atoms with Gasteiger partial charge in [0.1, 0.15) is 5.84 Å². The number of hydrogen-bond donors (Lipinski definition) is 0. The predicted octanol–water partition coefficient (Wildman–Crippen LogP) is 17.8. The van der Waals surface area contributed by atoms with E-state index >= 15 is 0 Å². The minimum Gasteiger partial charge on any atom is -0.348 e. The second-order valence-corrected chi connectivity index (χ2v) is 21.2. The summed E-state index contributed by atoms with van der Waals surface area (Å²) in [7, 11) is 2.24. The summed E-state index contributed by atoms with van der Waals surface area (Å²) in [4.78, 5) is 9.56. The van der Waals surface area contributed by atoms with Crippen LogP contribution in [0.2, 0.25) is 0 Å². The summed E-state index contributed by atoms with van der Waals surface area (Å²) in [5, 5.41) is 14.2. The van der Waals surface area contributed by atoms with Crippen molar-refractivity contribution in [3.63, 3.8) is 0 Å². The summed E-state index contributed by atoms with van der Waals surface area (Å²) in [6, 6.07) is 69.9. The van der Waals surface area contributed by atoms with Crippen LogP contribution in [-0.2, 0) is 6.42 Å². The molecule has 1 aliphatic carbocycles. The summed E-state index contributed by atoms with van der Waals surface area (Å²) in [5.41, 5.74) is 12.3. The lowest BCUT2D eigenvalue weighted by Crippen LogP contribution is -2.35. The Kier molecular flexibility index (Phi) is 8.43. The molecular formula is C64H43N3S2. The number of rotatable bonds is 4. The third kappa shape index (κ3) is 5.69. The predicted molar refractivity (Wildman–Crippen MR) is 298 cm³/mol. The van der Waals surface area contributed by atoms with Crippen LogP contribution in [0.3, 0.4) is 0 Å². The maximum atomic E-state index is 5.74. The van der Waals surface area contributed by atoms with Crippen LogP contribution in [0.4, 0.5) is 5.69 Å². The molecule has 0 amide bonds. The van der Waals surface area contributed by atoms with E-state index in [9.17, 15) is 0 Å². The second-order valence-electron chi connectivity index (χ2n) is 19.1. The molecule has 2 atom stereocenters. The van der Waals surface area contributed by atoms with Crippen molar-refractivity contribution < 1.29 is 0 Å². The molecule has 10 aromatic carbocycles. The van der Waals surface area contributed by atoms with Gasteiger partial charge < -0.3 is 9.47 Å². The van der Waals surface area contributed by atoms with E-state index in [4.69, 9.17) is 4.99 Å². The number of benzene rings is 10. The zero-order valence-electron chi connectivity index (χ0n) is 38.1. The number of amidine groups is 1. The highest BCUT2D eigenvalue weighted by atomic mass is 32.1. The van der Waals surface area contributed by atoms with Gasteiger partial charge in [0.25, 0.3) is 0 Å². The lowest BCUT2D eigenvalue weighted by atomic mass is 9.85. The molecule has 0 radical (unpaired) electrons. The Balaban J connectivity index is 0.947. The first-order valence-corrected chi connectivity index (χ1v) is 25.6. The van der Waals surface area contributed by atoms with Gasteiger partial charge in [0, 0.05) is 70.5 Å². The van der Waals surface area contributed by atoms with E-state index in [0.29, 0.717) is 5.92 Å². The summed E-state index contributed by atoms with van der Waals surface area (Å²) in [5.74, 6) is 1.49. The number of nitrogens with zero attached hydrogens (tertiary/aromatic N) is 3. The van der Waals surface area contributed by atoms with Gasteiger partial charge in [0.2, 0.25) is 0 Å². The topological polar surface area (TPSA) is 20.5 Å². The van der Waals surface area contributed by atoms with Crippen LogP contribution >= 0.6 is 22.7 Å². The van der Waals surface area contributed by atoms with E-state index in [2.05, 4.69) is 224 Å². The van der Waals surface area contributed by atoms with Crippen molar-refractivity contribution in [2.45, 2.75) is 19.4 Å². The van der Waals surface area contributed by atoms with Crippen molar-refractivity contribution >= 4 is 125 Å². The summed E-state index contributed by atoms with van der Waals surface area (Å²) >= 11 is 3.84. The van der Waals surface area contributed by atoms with Crippen molar-refractivity contribution in [2.75, 3.05) is 7.05 Å². The SMILES string of the molecule is CC1C=Cc2sc3c(c2C1)c1ccccc1c1c2ccccc2n(-c2ccc4sc5ccc(C6=Nc7c(c8ccccc8c8ccccc78)C(c7ccc(-c8ccccc8)cc7)N6C)cc5c4c2)c31. The van der Waals surface area contributed by atoms with Gasteiger partial charge in [-0.15, -0.1) is 22.7 Å². The van der Waals surface area contributed by atoms with Gasteiger partial charge >= 0.3 is 0 Å². The first-order valence-electron chi connectivity index (χ1n) is 24.0. The van der Waals surface area contributed by atoms with E-state index in [-0.39, 0.29) is 6.04 Å². The number of fused-ring (bicyclic) bond motifs is 19. The fraction of sp³-hybridized carbons (Fsp3) is 0.0781. The first kappa shape index (κ1) is 39.2. The Morgan fingerprint density at radius 3 is 1.91 bits per heavy atom. The Morgan fingerprint density at radius 2 is 1.13 bits per heavy atom. The molecule has 0 spiro atoms. The molecule has 3 nitrogen and oxygen atoms in total. The van der Waals surface area contributed by atoms with E-state index in [1.54, 1.807) is 0 Å². The van der Waals surface area contributed by atoms with Crippen LogP contribution in [0.1, 0.15) is 40.1 Å². The maximum absolute atomic E-state index is 5.74. The second kappa shape index (κ2) is 14.8. The average molecular weight is 918 g/mol. The van der Waals surface area contributed by atoms with Crippen molar-refractivity contribution in [3.05, 3.63) is 221 Å². The minimum absolute atomic E-state index is 0.0711. The van der Waals surface area contributed by atoms with Crippen LogP contribution in [-0.4, -0.2) is 22.4 Å². The van der Waals surface area contributed by atoms with Gasteiger partial charge in [0.15, 0.2) is 0 Å². The standard InChI is InChI=1S/C64H43N3S2/c1-37-24-31-56-52(34-37)58-47-20-10-9-19-46(47)57-49-22-12-13-23-53(49)67(62(57)63(58)69-56)42-30-33-55-51(36-42)50-35-41(29-32-54(50)68-55)64-65-60-48-21-11-7-17-44(48)43-16-6-8-18-45(43)59(60)61(66(64)2)40-27-25-39(26-28-40)38-14-4-3-5-15-38/h3-33,35-37,61H,34H2,1-2H3. The molecule has 2 unspecified atom stereocenters. The molecule has 0 saturated carbocycles. The zero-order chi connectivity index (χ0) is 45.5. The molecule has 0 saturated heterocycles. The number of thiophene rings is 2. The fourth-order valence-electron chi connectivity index (χ4n) is 12.1. The van der Waals surface area contributed by atoms with Gasteiger partial charge in [-0.3, -0.25) is 0 Å². The monoisotopic (exact) mass is 917 g/mol. The van der Waals surface area contributed by atoms with Crippen LogP contribution in [0.25, 0.3) is 107 Å². The molecule has 13 aromatic rings. The number of aromatic nitrogens is 1. The minimum atomic E-state index is -0.0711. The van der Waals surface area contributed by atoms with Crippen LogP contribution in [0, 0.1) is 5.92 Å². The van der Waals surface area contributed by atoms with Gasteiger partial charge in [-0.05, 0) is 110 Å². The van der Waals surface area contributed by atoms with E-state index in [1.165, 1.54) is 123 Å². The molecule has 1 aliphatic heterocycles.